The van der Waals surface area contributed by atoms with E-state index >= 15 is 0 Å². The molecule has 3 N–H and O–H groups in total. The molecule has 20 heavy (non-hydrogen) atoms. The lowest BCUT2D eigenvalue weighted by molar-refractivity contribution is -0.137. The van der Waals surface area contributed by atoms with Crippen LogP contribution in [0.25, 0.3) is 0 Å². The number of hydrogen-bond donors (Lipinski definition) is 3. The van der Waals surface area contributed by atoms with Crippen molar-refractivity contribution in [1.29, 1.82) is 0 Å². The SMILES string of the molecule is CCC(C)(O)C(C)C(C)C(C)(O)C(C)C(C)C(C)(C)O. The molecule has 0 bridgehead atoms. The van der Waals surface area contributed by atoms with Crippen molar-refractivity contribution in [2.24, 2.45) is 23.7 Å². The molecule has 6 atom stereocenters. The summed E-state index contributed by atoms with van der Waals surface area (Å²) in [5.41, 5.74) is -2.57. The molecular weight excluding hydrogens is 252 g/mol. The summed E-state index contributed by atoms with van der Waals surface area (Å²) in [6.45, 7) is 17.1. The molecule has 122 valence electrons. The highest BCUT2D eigenvalue weighted by molar-refractivity contribution is 4.96. The van der Waals surface area contributed by atoms with E-state index in [1.807, 2.05) is 48.5 Å². The lowest BCUT2D eigenvalue weighted by Gasteiger charge is -2.47. The van der Waals surface area contributed by atoms with Crippen LogP contribution in [-0.4, -0.2) is 32.1 Å². The van der Waals surface area contributed by atoms with Gasteiger partial charge >= 0.3 is 0 Å². The zero-order chi connectivity index (χ0) is 16.5. The van der Waals surface area contributed by atoms with Crippen molar-refractivity contribution in [3.05, 3.63) is 0 Å². The molecule has 0 rings (SSSR count). The van der Waals surface area contributed by atoms with Crippen LogP contribution in [0.2, 0.25) is 0 Å². The molecule has 0 heterocycles. The van der Waals surface area contributed by atoms with Gasteiger partial charge in [0.15, 0.2) is 0 Å². The molecule has 3 nitrogen and oxygen atoms in total. The molecular formula is C17H36O3. The molecule has 0 radical (unpaired) electrons. The van der Waals surface area contributed by atoms with Crippen molar-refractivity contribution in [1.82, 2.24) is 0 Å². The van der Waals surface area contributed by atoms with Crippen LogP contribution in [0.15, 0.2) is 0 Å². The van der Waals surface area contributed by atoms with Crippen LogP contribution in [0.1, 0.15) is 68.7 Å². The zero-order valence-electron chi connectivity index (χ0n) is 14.9. The third-order valence-corrected chi connectivity index (χ3v) is 6.15. The Morgan fingerprint density at radius 1 is 0.700 bits per heavy atom. The van der Waals surface area contributed by atoms with Crippen LogP contribution in [0, 0.1) is 23.7 Å². The molecule has 0 spiro atoms. The summed E-state index contributed by atoms with van der Waals surface area (Å²) in [6.07, 6.45) is 0.657. The van der Waals surface area contributed by atoms with Gasteiger partial charge in [-0.2, -0.15) is 0 Å². The Bertz CT molecular complexity index is 302. The standard InChI is InChI=1S/C17H36O3/c1-10-16(8,19)12(3)14(5)17(9,20)13(4)11(2)15(6,7)18/h11-14,18-20H,10H2,1-9H3. The molecule has 0 aliphatic carbocycles. The predicted octanol–water partition coefficient (Wildman–Crippen LogP) is 3.21. The van der Waals surface area contributed by atoms with E-state index in [9.17, 15) is 15.3 Å². The van der Waals surface area contributed by atoms with Gasteiger partial charge in [0.05, 0.1) is 16.8 Å². The molecule has 0 fully saturated rings. The van der Waals surface area contributed by atoms with Crippen molar-refractivity contribution < 1.29 is 15.3 Å². The Hall–Kier alpha value is -0.120. The smallest absolute Gasteiger partial charge is 0.0677 e. The van der Waals surface area contributed by atoms with E-state index in [1.54, 1.807) is 13.8 Å². The highest BCUT2D eigenvalue weighted by atomic mass is 16.3. The topological polar surface area (TPSA) is 60.7 Å². The van der Waals surface area contributed by atoms with Gasteiger partial charge in [0.25, 0.3) is 0 Å². The fourth-order valence-corrected chi connectivity index (χ4v) is 2.90. The summed E-state index contributed by atoms with van der Waals surface area (Å²) in [5, 5.41) is 31.6. The van der Waals surface area contributed by atoms with E-state index in [4.69, 9.17) is 0 Å². The third kappa shape index (κ3) is 4.19. The van der Waals surface area contributed by atoms with E-state index in [1.165, 1.54) is 0 Å². The number of hydrogen-bond acceptors (Lipinski definition) is 3. The fourth-order valence-electron chi connectivity index (χ4n) is 2.90. The summed E-state index contributed by atoms with van der Waals surface area (Å²) in [7, 11) is 0. The number of aliphatic hydroxyl groups is 3. The summed E-state index contributed by atoms with van der Waals surface area (Å²) in [5.74, 6) is -0.220. The molecule has 0 aromatic rings. The Morgan fingerprint density at radius 2 is 1.05 bits per heavy atom. The van der Waals surface area contributed by atoms with Crippen molar-refractivity contribution in [2.45, 2.75) is 85.5 Å². The molecule has 0 saturated carbocycles. The second-order valence-electron chi connectivity index (χ2n) is 7.74. The minimum absolute atomic E-state index is 0.0287. The van der Waals surface area contributed by atoms with E-state index in [-0.39, 0.29) is 23.7 Å². The normalized spacial score (nSPS) is 25.2. The van der Waals surface area contributed by atoms with Gasteiger partial charge in [0.1, 0.15) is 0 Å². The zero-order valence-corrected chi connectivity index (χ0v) is 14.9. The van der Waals surface area contributed by atoms with Gasteiger partial charge in [0.2, 0.25) is 0 Å². The Labute approximate surface area is 125 Å². The van der Waals surface area contributed by atoms with Gasteiger partial charge in [-0.15, -0.1) is 0 Å². The first kappa shape index (κ1) is 19.9. The van der Waals surface area contributed by atoms with Crippen molar-refractivity contribution >= 4 is 0 Å². The van der Waals surface area contributed by atoms with Gasteiger partial charge in [0, 0.05) is 0 Å². The van der Waals surface area contributed by atoms with E-state index < -0.39 is 16.8 Å². The maximum atomic E-state index is 11.0. The van der Waals surface area contributed by atoms with Crippen LogP contribution >= 0.6 is 0 Å². The first-order chi connectivity index (χ1) is 8.69. The molecule has 0 amide bonds. The molecule has 0 aliphatic rings. The second kappa shape index (κ2) is 6.33. The van der Waals surface area contributed by atoms with Gasteiger partial charge in [-0.25, -0.2) is 0 Å². The molecule has 3 heteroatoms. The largest absolute Gasteiger partial charge is 0.390 e. The highest BCUT2D eigenvalue weighted by Crippen LogP contribution is 2.41. The number of rotatable bonds is 7. The maximum Gasteiger partial charge on any atom is 0.0677 e. The van der Waals surface area contributed by atoms with E-state index in [0.717, 1.165) is 0 Å². The van der Waals surface area contributed by atoms with Crippen LogP contribution < -0.4 is 0 Å². The first-order valence-corrected chi connectivity index (χ1v) is 7.86. The lowest BCUT2D eigenvalue weighted by atomic mass is 9.64. The fraction of sp³-hybridized carbons (Fsp3) is 1.00. The molecule has 0 aliphatic heterocycles. The highest BCUT2D eigenvalue weighted by Gasteiger charge is 2.46. The van der Waals surface area contributed by atoms with Crippen LogP contribution in [0.5, 0.6) is 0 Å². The van der Waals surface area contributed by atoms with E-state index in [0.29, 0.717) is 6.42 Å². The van der Waals surface area contributed by atoms with Crippen LogP contribution in [-0.2, 0) is 0 Å². The summed E-state index contributed by atoms with van der Waals surface area (Å²) in [4.78, 5) is 0. The summed E-state index contributed by atoms with van der Waals surface area (Å²) >= 11 is 0. The molecule has 6 unspecified atom stereocenters. The van der Waals surface area contributed by atoms with Gasteiger partial charge in [-0.05, 0) is 57.8 Å². The first-order valence-electron chi connectivity index (χ1n) is 7.86. The van der Waals surface area contributed by atoms with Gasteiger partial charge in [-0.1, -0.05) is 34.6 Å². The van der Waals surface area contributed by atoms with Gasteiger partial charge < -0.3 is 15.3 Å². The predicted molar refractivity (Wildman–Crippen MR) is 84.5 cm³/mol. The third-order valence-electron chi connectivity index (χ3n) is 6.15. The quantitative estimate of drug-likeness (QED) is 0.674. The lowest BCUT2D eigenvalue weighted by Crippen LogP contribution is -2.52. The molecule has 0 saturated heterocycles. The van der Waals surface area contributed by atoms with Gasteiger partial charge in [-0.3, -0.25) is 0 Å². The maximum absolute atomic E-state index is 11.0. The Balaban J connectivity index is 5.22. The molecule has 0 aromatic heterocycles. The Morgan fingerprint density at radius 3 is 1.35 bits per heavy atom. The monoisotopic (exact) mass is 288 g/mol. The summed E-state index contributed by atoms with van der Waals surface area (Å²) < 4.78 is 0. The minimum atomic E-state index is -0.946. The average Bonchev–Trinajstić information content (AvgIpc) is 2.33. The minimum Gasteiger partial charge on any atom is -0.390 e. The van der Waals surface area contributed by atoms with E-state index in [2.05, 4.69) is 0 Å². The van der Waals surface area contributed by atoms with Crippen LogP contribution in [0.4, 0.5) is 0 Å². The van der Waals surface area contributed by atoms with Crippen molar-refractivity contribution in [3.63, 3.8) is 0 Å². The van der Waals surface area contributed by atoms with Crippen LogP contribution in [0.3, 0.4) is 0 Å². The van der Waals surface area contributed by atoms with Crippen molar-refractivity contribution in [3.8, 4) is 0 Å². The molecule has 0 aromatic carbocycles. The summed E-state index contributed by atoms with van der Waals surface area (Å²) in [6, 6.07) is 0. The average molecular weight is 288 g/mol. The van der Waals surface area contributed by atoms with Crippen molar-refractivity contribution in [2.75, 3.05) is 0 Å². The Kier molecular flexibility index (Phi) is 6.29. The second-order valence-corrected chi connectivity index (χ2v) is 7.74.